The average molecular weight is 297 g/mol. The van der Waals surface area contributed by atoms with Crippen molar-refractivity contribution in [2.75, 3.05) is 19.7 Å². The molecule has 3 N–H and O–H groups in total. The first kappa shape index (κ1) is 18.3. The number of guanidine groups is 1. The van der Waals surface area contributed by atoms with Crippen molar-refractivity contribution in [1.29, 1.82) is 0 Å². The van der Waals surface area contributed by atoms with Crippen LogP contribution < -0.4 is 10.6 Å². The summed E-state index contributed by atoms with van der Waals surface area (Å²) in [5.41, 5.74) is 0. The first-order valence-electron chi connectivity index (χ1n) is 8.76. The first-order chi connectivity index (χ1) is 10.1. The molecule has 3 unspecified atom stereocenters. The van der Waals surface area contributed by atoms with E-state index in [0.717, 1.165) is 37.8 Å². The highest BCUT2D eigenvalue weighted by molar-refractivity contribution is 5.80. The summed E-state index contributed by atoms with van der Waals surface area (Å²) in [6.45, 7) is 10.8. The van der Waals surface area contributed by atoms with E-state index in [-0.39, 0.29) is 6.61 Å². The summed E-state index contributed by atoms with van der Waals surface area (Å²) in [5.74, 6) is 2.93. The molecular formula is C17H35N3O. The van der Waals surface area contributed by atoms with E-state index >= 15 is 0 Å². The number of aliphatic hydroxyl groups is 1. The molecule has 4 heteroatoms. The summed E-state index contributed by atoms with van der Waals surface area (Å²) in [6, 6.07) is 0.615. The summed E-state index contributed by atoms with van der Waals surface area (Å²) in [5, 5.41) is 16.1. The van der Waals surface area contributed by atoms with E-state index in [1.807, 2.05) is 0 Å². The number of nitrogens with one attached hydrogen (secondary N) is 2. The Bertz CT molecular complexity index is 304. The van der Waals surface area contributed by atoms with Crippen LogP contribution >= 0.6 is 0 Å². The number of nitrogens with zero attached hydrogens (tertiary/aromatic N) is 1. The highest BCUT2D eigenvalue weighted by Gasteiger charge is 2.36. The molecule has 1 aliphatic carbocycles. The molecule has 0 saturated heterocycles. The molecule has 0 bridgehead atoms. The minimum atomic E-state index is 0.262. The van der Waals surface area contributed by atoms with Crippen molar-refractivity contribution in [3.8, 4) is 0 Å². The topological polar surface area (TPSA) is 56.7 Å². The van der Waals surface area contributed by atoms with Gasteiger partial charge < -0.3 is 15.7 Å². The molecule has 124 valence electrons. The van der Waals surface area contributed by atoms with E-state index < -0.39 is 0 Å². The van der Waals surface area contributed by atoms with Gasteiger partial charge in [0.05, 0.1) is 0 Å². The molecule has 3 atom stereocenters. The molecule has 1 aliphatic rings. The van der Waals surface area contributed by atoms with Crippen LogP contribution in [0.5, 0.6) is 0 Å². The lowest BCUT2D eigenvalue weighted by Gasteiger charge is -2.17. The summed E-state index contributed by atoms with van der Waals surface area (Å²) in [7, 11) is 0. The maximum absolute atomic E-state index is 9.19. The van der Waals surface area contributed by atoms with Crippen LogP contribution in [0.15, 0.2) is 4.99 Å². The third-order valence-electron chi connectivity index (χ3n) is 4.10. The van der Waals surface area contributed by atoms with Gasteiger partial charge in [0.25, 0.3) is 0 Å². The third kappa shape index (κ3) is 7.70. The number of hydrogen-bond acceptors (Lipinski definition) is 2. The highest BCUT2D eigenvalue weighted by atomic mass is 16.3. The van der Waals surface area contributed by atoms with E-state index in [0.29, 0.717) is 17.9 Å². The molecule has 21 heavy (non-hydrogen) atoms. The van der Waals surface area contributed by atoms with E-state index in [1.165, 1.54) is 19.3 Å². The van der Waals surface area contributed by atoms with Crippen molar-refractivity contribution in [1.82, 2.24) is 10.6 Å². The summed E-state index contributed by atoms with van der Waals surface area (Å²) >= 11 is 0. The molecule has 4 nitrogen and oxygen atoms in total. The Labute approximate surface area is 130 Å². The number of aliphatic imine (C=N–C) groups is 1. The fraction of sp³-hybridized carbons (Fsp3) is 0.941. The van der Waals surface area contributed by atoms with Crippen molar-refractivity contribution in [2.24, 2.45) is 22.7 Å². The van der Waals surface area contributed by atoms with E-state index in [1.54, 1.807) is 0 Å². The van der Waals surface area contributed by atoms with Gasteiger partial charge in [-0.05, 0) is 50.4 Å². The van der Waals surface area contributed by atoms with Crippen molar-refractivity contribution < 1.29 is 5.11 Å². The number of hydrogen-bond donors (Lipinski definition) is 3. The minimum Gasteiger partial charge on any atom is -0.396 e. The summed E-state index contributed by atoms with van der Waals surface area (Å²) < 4.78 is 0. The molecule has 0 aromatic rings. The van der Waals surface area contributed by atoms with Crippen LogP contribution in [-0.2, 0) is 0 Å². The van der Waals surface area contributed by atoms with Crippen molar-refractivity contribution >= 4 is 5.96 Å². The Morgan fingerprint density at radius 3 is 2.67 bits per heavy atom. The average Bonchev–Trinajstić information content (AvgIpc) is 3.14. The number of aliphatic hydroxyl groups excluding tert-OH is 1. The van der Waals surface area contributed by atoms with Gasteiger partial charge in [0, 0.05) is 25.7 Å². The molecular weight excluding hydrogens is 262 g/mol. The van der Waals surface area contributed by atoms with Gasteiger partial charge in [0.2, 0.25) is 0 Å². The fourth-order valence-electron chi connectivity index (χ4n) is 2.96. The van der Waals surface area contributed by atoms with Crippen LogP contribution in [0.4, 0.5) is 0 Å². The zero-order valence-corrected chi connectivity index (χ0v) is 14.4. The standard InChI is InChI=1S/C17H35N3O/c1-5-7-15-11-16(15)20-17(18-6-2)19-12-14(8-9-21)10-13(3)4/h13-16,21H,5-12H2,1-4H3,(H2,18,19,20). The zero-order chi connectivity index (χ0) is 15.7. The lowest BCUT2D eigenvalue weighted by Crippen LogP contribution is -2.39. The minimum absolute atomic E-state index is 0.262. The normalized spacial score (nSPS) is 23.2. The SMILES string of the molecule is CCCC1CC1NC(=NCC(CCO)CC(C)C)NCC. The van der Waals surface area contributed by atoms with Crippen LogP contribution in [0, 0.1) is 17.8 Å². The van der Waals surface area contributed by atoms with Crippen LogP contribution in [-0.4, -0.2) is 36.8 Å². The molecule has 0 aromatic heterocycles. The summed E-state index contributed by atoms with van der Waals surface area (Å²) in [4.78, 5) is 4.74. The van der Waals surface area contributed by atoms with Gasteiger partial charge in [-0.2, -0.15) is 0 Å². The Morgan fingerprint density at radius 1 is 1.33 bits per heavy atom. The molecule has 0 radical (unpaired) electrons. The molecule has 0 spiro atoms. The summed E-state index contributed by atoms with van der Waals surface area (Å²) in [6.07, 6.45) is 5.85. The molecule has 1 saturated carbocycles. The predicted octanol–water partition coefficient (Wildman–Crippen LogP) is 2.77. The maximum Gasteiger partial charge on any atom is 0.191 e. The zero-order valence-electron chi connectivity index (χ0n) is 14.4. The lowest BCUT2D eigenvalue weighted by atomic mass is 9.94. The Kier molecular flexibility index (Phi) is 8.74. The van der Waals surface area contributed by atoms with Crippen molar-refractivity contribution in [3.05, 3.63) is 0 Å². The van der Waals surface area contributed by atoms with Gasteiger partial charge in [-0.15, -0.1) is 0 Å². The van der Waals surface area contributed by atoms with Gasteiger partial charge in [-0.25, -0.2) is 0 Å². The van der Waals surface area contributed by atoms with E-state index in [4.69, 9.17) is 4.99 Å². The fourth-order valence-corrected chi connectivity index (χ4v) is 2.96. The second-order valence-corrected chi connectivity index (χ2v) is 6.76. The highest BCUT2D eigenvalue weighted by Crippen LogP contribution is 2.34. The van der Waals surface area contributed by atoms with Crippen LogP contribution in [0.2, 0.25) is 0 Å². The second kappa shape index (κ2) is 10.0. The number of rotatable bonds is 10. The van der Waals surface area contributed by atoms with Gasteiger partial charge in [0.1, 0.15) is 0 Å². The van der Waals surface area contributed by atoms with Crippen molar-refractivity contribution in [3.63, 3.8) is 0 Å². The molecule has 0 aromatic carbocycles. The Morgan fingerprint density at radius 2 is 2.10 bits per heavy atom. The second-order valence-electron chi connectivity index (χ2n) is 6.76. The molecule has 1 fully saturated rings. The molecule has 0 aliphatic heterocycles. The predicted molar refractivity (Wildman–Crippen MR) is 90.6 cm³/mol. The third-order valence-corrected chi connectivity index (χ3v) is 4.10. The van der Waals surface area contributed by atoms with Crippen LogP contribution in [0.3, 0.4) is 0 Å². The Balaban J connectivity index is 2.45. The Hall–Kier alpha value is -0.770. The molecule has 0 heterocycles. The van der Waals surface area contributed by atoms with Gasteiger partial charge in [-0.1, -0.05) is 27.2 Å². The van der Waals surface area contributed by atoms with Crippen molar-refractivity contribution in [2.45, 2.75) is 65.8 Å². The van der Waals surface area contributed by atoms with E-state index in [9.17, 15) is 5.11 Å². The monoisotopic (exact) mass is 297 g/mol. The smallest absolute Gasteiger partial charge is 0.191 e. The van der Waals surface area contributed by atoms with Gasteiger partial charge in [-0.3, -0.25) is 4.99 Å². The van der Waals surface area contributed by atoms with Crippen LogP contribution in [0.25, 0.3) is 0 Å². The van der Waals surface area contributed by atoms with Gasteiger partial charge >= 0.3 is 0 Å². The van der Waals surface area contributed by atoms with Crippen LogP contribution in [0.1, 0.15) is 59.8 Å². The first-order valence-corrected chi connectivity index (χ1v) is 8.76. The maximum atomic E-state index is 9.19. The quantitative estimate of drug-likeness (QED) is 0.429. The molecule has 1 rings (SSSR count). The lowest BCUT2D eigenvalue weighted by molar-refractivity contribution is 0.245. The van der Waals surface area contributed by atoms with E-state index in [2.05, 4.69) is 38.3 Å². The molecule has 0 amide bonds. The largest absolute Gasteiger partial charge is 0.396 e. The van der Waals surface area contributed by atoms with Gasteiger partial charge in [0.15, 0.2) is 5.96 Å².